The maximum absolute atomic E-state index is 12.0. The zero-order valence-corrected chi connectivity index (χ0v) is 15.2. The van der Waals surface area contributed by atoms with Gasteiger partial charge in [-0.3, -0.25) is 4.79 Å². The molecule has 0 aliphatic carbocycles. The number of nitrogens with zero attached hydrogens (tertiary/aromatic N) is 3. The number of anilines is 1. The van der Waals surface area contributed by atoms with E-state index in [0.29, 0.717) is 30.2 Å². The number of benzene rings is 1. The molecular weight excluding hydrogens is 340 g/mol. The number of carbonyl (C=O) groups excluding carboxylic acids is 1. The highest BCUT2D eigenvalue weighted by Gasteiger charge is 2.18. The average Bonchev–Trinajstić information content (AvgIpc) is 2.85. The van der Waals surface area contributed by atoms with E-state index in [9.17, 15) is 4.79 Å². The van der Waals surface area contributed by atoms with Crippen LogP contribution in [0.5, 0.6) is 0 Å². The second-order valence-electron chi connectivity index (χ2n) is 6.24. The SMILES string of the molecule is COCCCC(=O)Nc1ccc(Cl)c(-c2nnc3n2CCCCC3)c1. The Morgan fingerprint density at radius 1 is 1.32 bits per heavy atom. The van der Waals surface area contributed by atoms with Crippen molar-refractivity contribution in [3.63, 3.8) is 0 Å². The number of nitrogens with one attached hydrogen (secondary N) is 1. The van der Waals surface area contributed by atoms with Gasteiger partial charge in [-0.2, -0.15) is 0 Å². The molecule has 2 heterocycles. The molecule has 1 aromatic carbocycles. The number of hydrogen-bond donors (Lipinski definition) is 1. The lowest BCUT2D eigenvalue weighted by atomic mass is 10.1. The van der Waals surface area contributed by atoms with Crippen LogP contribution in [0.4, 0.5) is 5.69 Å². The van der Waals surface area contributed by atoms with E-state index >= 15 is 0 Å². The van der Waals surface area contributed by atoms with Gasteiger partial charge in [0.2, 0.25) is 5.91 Å². The summed E-state index contributed by atoms with van der Waals surface area (Å²) in [5, 5.41) is 12.2. The van der Waals surface area contributed by atoms with Crippen molar-refractivity contribution < 1.29 is 9.53 Å². The zero-order valence-electron chi connectivity index (χ0n) is 14.4. The van der Waals surface area contributed by atoms with Gasteiger partial charge in [0, 0.05) is 44.4 Å². The Hall–Kier alpha value is -1.92. The first-order chi connectivity index (χ1) is 12.2. The lowest BCUT2D eigenvalue weighted by Gasteiger charge is -2.11. The number of fused-ring (bicyclic) bond motifs is 1. The van der Waals surface area contributed by atoms with E-state index < -0.39 is 0 Å². The van der Waals surface area contributed by atoms with Crippen LogP contribution in [-0.2, 0) is 22.5 Å². The third-order valence-electron chi connectivity index (χ3n) is 4.35. The van der Waals surface area contributed by atoms with Crippen LogP contribution in [0.25, 0.3) is 11.4 Å². The fourth-order valence-electron chi connectivity index (χ4n) is 3.06. The molecule has 1 aliphatic heterocycles. The summed E-state index contributed by atoms with van der Waals surface area (Å²) in [5.74, 6) is 1.75. The predicted octanol–water partition coefficient (Wildman–Crippen LogP) is 3.69. The number of aryl methyl sites for hydroxylation is 1. The molecule has 0 atom stereocenters. The fourth-order valence-corrected chi connectivity index (χ4v) is 3.26. The molecule has 0 saturated carbocycles. The number of carbonyl (C=O) groups is 1. The van der Waals surface area contributed by atoms with Crippen LogP contribution in [0.3, 0.4) is 0 Å². The third-order valence-corrected chi connectivity index (χ3v) is 4.68. The summed E-state index contributed by atoms with van der Waals surface area (Å²) in [6.07, 6.45) is 5.52. The quantitative estimate of drug-likeness (QED) is 0.796. The van der Waals surface area contributed by atoms with E-state index in [1.807, 2.05) is 6.07 Å². The molecule has 0 bridgehead atoms. The van der Waals surface area contributed by atoms with Gasteiger partial charge in [-0.15, -0.1) is 10.2 Å². The van der Waals surface area contributed by atoms with Crippen molar-refractivity contribution in [3.05, 3.63) is 29.0 Å². The lowest BCUT2D eigenvalue weighted by molar-refractivity contribution is -0.116. The summed E-state index contributed by atoms with van der Waals surface area (Å²) in [4.78, 5) is 12.0. The summed E-state index contributed by atoms with van der Waals surface area (Å²) < 4.78 is 7.13. The molecule has 1 aliphatic rings. The molecule has 2 aromatic rings. The Labute approximate surface area is 152 Å². The van der Waals surface area contributed by atoms with Gasteiger partial charge < -0.3 is 14.6 Å². The number of methoxy groups -OCH3 is 1. The molecule has 0 fully saturated rings. The first-order valence-corrected chi connectivity index (χ1v) is 9.07. The number of halogens is 1. The van der Waals surface area contributed by atoms with E-state index in [1.165, 1.54) is 6.42 Å². The van der Waals surface area contributed by atoms with E-state index in [4.69, 9.17) is 16.3 Å². The first-order valence-electron chi connectivity index (χ1n) is 8.70. The van der Waals surface area contributed by atoms with Crippen molar-refractivity contribution in [2.45, 2.75) is 45.1 Å². The van der Waals surface area contributed by atoms with E-state index in [1.54, 1.807) is 19.2 Å². The Balaban J connectivity index is 1.81. The van der Waals surface area contributed by atoms with Gasteiger partial charge in [0.1, 0.15) is 5.82 Å². The van der Waals surface area contributed by atoms with E-state index in [-0.39, 0.29) is 5.91 Å². The number of rotatable bonds is 6. The van der Waals surface area contributed by atoms with Gasteiger partial charge >= 0.3 is 0 Å². The molecule has 134 valence electrons. The molecule has 3 rings (SSSR count). The number of ether oxygens (including phenoxy) is 1. The second kappa shape index (κ2) is 8.45. The molecule has 1 amide bonds. The Morgan fingerprint density at radius 2 is 2.20 bits per heavy atom. The summed E-state index contributed by atoms with van der Waals surface area (Å²) in [5.41, 5.74) is 1.52. The highest BCUT2D eigenvalue weighted by molar-refractivity contribution is 6.33. The molecule has 1 aromatic heterocycles. The van der Waals surface area contributed by atoms with Gasteiger partial charge in [0.05, 0.1) is 5.02 Å². The van der Waals surface area contributed by atoms with Crippen LogP contribution < -0.4 is 5.32 Å². The Bertz CT molecular complexity index is 745. The molecule has 0 radical (unpaired) electrons. The summed E-state index contributed by atoms with van der Waals surface area (Å²) in [7, 11) is 1.63. The number of amides is 1. The van der Waals surface area contributed by atoms with Crippen molar-refractivity contribution in [2.24, 2.45) is 0 Å². The maximum atomic E-state index is 12.0. The van der Waals surface area contributed by atoms with E-state index in [2.05, 4.69) is 20.1 Å². The minimum atomic E-state index is -0.0367. The van der Waals surface area contributed by atoms with Crippen LogP contribution in [0.1, 0.15) is 37.9 Å². The topological polar surface area (TPSA) is 69.0 Å². The van der Waals surface area contributed by atoms with E-state index in [0.717, 1.165) is 43.0 Å². The van der Waals surface area contributed by atoms with Crippen LogP contribution >= 0.6 is 11.6 Å². The largest absolute Gasteiger partial charge is 0.385 e. The summed E-state index contributed by atoms with van der Waals surface area (Å²) in [6, 6.07) is 5.47. The van der Waals surface area contributed by atoms with Crippen molar-refractivity contribution in [3.8, 4) is 11.4 Å². The van der Waals surface area contributed by atoms with Gasteiger partial charge in [-0.1, -0.05) is 18.0 Å². The summed E-state index contributed by atoms with van der Waals surface area (Å²) >= 11 is 6.40. The normalized spacial score (nSPS) is 14.0. The van der Waals surface area contributed by atoms with Crippen LogP contribution in [0.15, 0.2) is 18.2 Å². The minimum Gasteiger partial charge on any atom is -0.385 e. The fraction of sp³-hybridized carbons (Fsp3) is 0.500. The molecule has 0 unspecified atom stereocenters. The minimum absolute atomic E-state index is 0.0367. The van der Waals surface area contributed by atoms with Gasteiger partial charge in [-0.05, 0) is 37.5 Å². The standard InChI is InChI=1S/C18H23ClN4O2/c1-25-11-5-7-17(24)20-13-8-9-15(19)14(12-13)18-22-21-16-6-3-2-4-10-23(16)18/h8-9,12H,2-7,10-11H2,1H3,(H,20,24). The first kappa shape index (κ1) is 17.9. The Morgan fingerprint density at radius 3 is 3.04 bits per heavy atom. The number of hydrogen-bond acceptors (Lipinski definition) is 4. The van der Waals surface area contributed by atoms with Crippen molar-refractivity contribution >= 4 is 23.2 Å². The highest BCUT2D eigenvalue weighted by atomic mass is 35.5. The second-order valence-corrected chi connectivity index (χ2v) is 6.65. The third kappa shape index (κ3) is 4.38. The Kier molecular flexibility index (Phi) is 6.04. The monoisotopic (exact) mass is 362 g/mol. The van der Waals surface area contributed by atoms with Gasteiger partial charge in [0.25, 0.3) is 0 Å². The summed E-state index contributed by atoms with van der Waals surface area (Å²) in [6.45, 7) is 1.48. The smallest absolute Gasteiger partial charge is 0.224 e. The molecule has 1 N–H and O–H groups in total. The molecule has 6 nitrogen and oxygen atoms in total. The van der Waals surface area contributed by atoms with Crippen LogP contribution in [-0.4, -0.2) is 34.4 Å². The average molecular weight is 363 g/mol. The van der Waals surface area contributed by atoms with Crippen LogP contribution in [0, 0.1) is 0 Å². The highest BCUT2D eigenvalue weighted by Crippen LogP contribution is 2.31. The van der Waals surface area contributed by atoms with Gasteiger partial charge in [0.15, 0.2) is 5.82 Å². The lowest BCUT2D eigenvalue weighted by Crippen LogP contribution is -2.12. The van der Waals surface area contributed by atoms with Crippen molar-refractivity contribution in [2.75, 3.05) is 19.0 Å². The van der Waals surface area contributed by atoms with Crippen molar-refractivity contribution in [1.29, 1.82) is 0 Å². The molecule has 0 saturated heterocycles. The molecule has 7 heteroatoms. The predicted molar refractivity (Wildman–Crippen MR) is 97.8 cm³/mol. The van der Waals surface area contributed by atoms with Crippen LogP contribution in [0.2, 0.25) is 5.02 Å². The molecule has 25 heavy (non-hydrogen) atoms. The molecule has 0 spiro atoms. The molecular formula is C18H23ClN4O2. The zero-order chi connectivity index (χ0) is 17.6. The van der Waals surface area contributed by atoms with Crippen molar-refractivity contribution in [1.82, 2.24) is 14.8 Å². The number of aromatic nitrogens is 3. The van der Waals surface area contributed by atoms with Gasteiger partial charge in [-0.25, -0.2) is 0 Å². The maximum Gasteiger partial charge on any atom is 0.224 e.